The van der Waals surface area contributed by atoms with Crippen LogP contribution < -0.4 is 5.32 Å². The summed E-state index contributed by atoms with van der Waals surface area (Å²) in [6.07, 6.45) is 7.15. The van der Waals surface area contributed by atoms with Crippen LogP contribution in [0.15, 0.2) is 24.3 Å². The summed E-state index contributed by atoms with van der Waals surface area (Å²) in [5.74, 6) is 0.424. The molecule has 2 nitrogen and oxygen atoms in total. The second-order valence-electron chi connectivity index (χ2n) is 6.81. The summed E-state index contributed by atoms with van der Waals surface area (Å²) < 4.78 is 0. The van der Waals surface area contributed by atoms with Crippen LogP contribution in [0.5, 0.6) is 0 Å². The lowest BCUT2D eigenvalue weighted by Gasteiger charge is -2.34. The zero-order valence-electron chi connectivity index (χ0n) is 13.8. The number of nitrogens with one attached hydrogen (secondary N) is 1. The van der Waals surface area contributed by atoms with Gasteiger partial charge in [0.2, 0.25) is 0 Å². The van der Waals surface area contributed by atoms with E-state index in [-0.39, 0.29) is 6.04 Å². The minimum absolute atomic E-state index is 0.139. The monoisotopic (exact) mass is 289 g/mol. The summed E-state index contributed by atoms with van der Waals surface area (Å²) in [5, 5.41) is 14.5. The van der Waals surface area contributed by atoms with Crippen molar-refractivity contribution < 1.29 is 5.11 Å². The fourth-order valence-corrected chi connectivity index (χ4v) is 3.35. The van der Waals surface area contributed by atoms with Crippen molar-refractivity contribution in [1.82, 2.24) is 5.32 Å². The van der Waals surface area contributed by atoms with Crippen molar-refractivity contribution in [3.05, 3.63) is 35.4 Å². The van der Waals surface area contributed by atoms with Gasteiger partial charge < -0.3 is 10.4 Å². The first-order valence-corrected chi connectivity index (χ1v) is 8.64. The first-order valence-electron chi connectivity index (χ1n) is 8.64. The van der Waals surface area contributed by atoms with Crippen molar-refractivity contribution in [3.63, 3.8) is 0 Å². The van der Waals surface area contributed by atoms with Crippen molar-refractivity contribution in [2.24, 2.45) is 5.92 Å². The molecule has 2 unspecified atom stereocenters. The van der Waals surface area contributed by atoms with E-state index in [9.17, 15) is 5.11 Å². The Morgan fingerprint density at radius 1 is 1.10 bits per heavy atom. The van der Waals surface area contributed by atoms with Crippen LogP contribution >= 0.6 is 0 Å². The van der Waals surface area contributed by atoms with Gasteiger partial charge in [0.25, 0.3) is 0 Å². The van der Waals surface area contributed by atoms with Crippen LogP contribution in [0.25, 0.3) is 0 Å². The Labute approximate surface area is 130 Å². The average Bonchev–Trinajstić information content (AvgIpc) is 2.53. The van der Waals surface area contributed by atoms with Gasteiger partial charge in [-0.3, -0.25) is 0 Å². The lowest BCUT2D eigenvalue weighted by Crippen LogP contribution is -2.45. The number of aliphatic hydroxyl groups is 1. The SMILES string of the molecule is CCc1ccc(C(O)C(NC2CCCCC2)C(C)C)cc1. The van der Waals surface area contributed by atoms with E-state index in [1.165, 1.54) is 37.7 Å². The lowest BCUT2D eigenvalue weighted by molar-refractivity contribution is 0.0934. The summed E-state index contributed by atoms with van der Waals surface area (Å²) in [7, 11) is 0. The zero-order chi connectivity index (χ0) is 15.2. The normalized spacial score (nSPS) is 19.7. The Bertz CT molecular complexity index is 406. The number of aryl methyl sites for hydroxylation is 1. The van der Waals surface area contributed by atoms with Gasteiger partial charge in [0, 0.05) is 12.1 Å². The fraction of sp³-hybridized carbons (Fsp3) is 0.684. The number of aliphatic hydroxyl groups excluding tert-OH is 1. The highest BCUT2D eigenvalue weighted by molar-refractivity contribution is 5.25. The van der Waals surface area contributed by atoms with E-state index in [1.54, 1.807) is 0 Å². The molecule has 2 rings (SSSR count). The first-order chi connectivity index (χ1) is 10.1. The molecule has 0 heterocycles. The third-order valence-corrected chi connectivity index (χ3v) is 4.82. The Kier molecular flexibility index (Phi) is 6.25. The van der Waals surface area contributed by atoms with Crippen LogP contribution in [0.1, 0.15) is 70.1 Å². The highest BCUT2D eigenvalue weighted by atomic mass is 16.3. The molecule has 0 saturated heterocycles. The van der Waals surface area contributed by atoms with Crippen LogP contribution in [0.2, 0.25) is 0 Å². The topological polar surface area (TPSA) is 32.3 Å². The van der Waals surface area contributed by atoms with E-state index in [4.69, 9.17) is 0 Å². The quantitative estimate of drug-likeness (QED) is 0.821. The fourth-order valence-electron chi connectivity index (χ4n) is 3.35. The third-order valence-electron chi connectivity index (χ3n) is 4.82. The van der Waals surface area contributed by atoms with Gasteiger partial charge in [0.15, 0.2) is 0 Å². The van der Waals surface area contributed by atoms with Crippen molar-refractivity contribution in [2.45, 2.75) is 77.5 Å². The maximum absolute atomic E-state index is 10.8. The van der Waals surface area contributed by atoms with E-state index in [0.717, 1.165) is 12.0 Å². The molecule has 0 radical (unpaired) electrons. The molecule has 0 aliphatic heterocycles. The van der Waals surface area contributed by atoms with Crippen LogP contribution in [0, 0.1) is 5.92 Å². The second-order valence-corrected chi connectivity index (χ2v) is 6.81. The first kappa shape index (κ1) is 16.5. The van der Waals surface area contributed by atoms with Crippen LogP contribution in [-0.2, 0) is 6.42 Å². The van der Waals surface area contributed by atoms with E-state index in [0.29, 0.717) is 12.0 Å². The zero-order valence-corrected chi connectivity index (χ0v) is 13.8. The predicted octanol–water partition coefficient (Wildman–Crippen LogP) is 4.23. The summed E-state index contributed by atoms with van der Waals surface area (Å²) in [6.45, 7) is 6.56. The molecule has 21 heavy (non-hydrogen) atoms. The van der Waals surface area contributed by atoms with E-state index < -0.39 is 6.10 Å². The van der Waals surface area contributed by atoms with Crippen molar-refractivity contribution in [3.8, 4) is 0 Å². The predicted molar refractivity (Wildman–Crippen MR) is 89.4 cm³/mol. The summed E-state index contributed by atoms with van der Waals surface area (Å²) in [5.41, 5.74) is 2.36. The van der Waals surface area contributed by atoms with E-state index in [2.05, 4.69) is 50.4 Å². The lowest BCUT2D eigenvalue weighted by atomic mass is 9.89. The maximum atomic E-state index is 10.8. The number of hydrogen-bond acceptors (Lipinski definition) is 2. The van der Waals surface area contributed by atoms with Gasteiger partial charge in [0.1, 0.15) is 0 Å². The molecule has 1 aromatic carbocycles. The molecule has 2 heteroatoms. The highest BCUT2D eigenvalue weighted by Gasteiger charge is 2.27. The largest absolute Gasteiger partial charge is 0.387 e. The molecule has 1 saturated carbocycles. The maximum Gasteiger partial charge on any atom is 0.0945 e. The molecule has 118 valence electrons. The van der Waals surface area contributed by atoms with Gasteiger partial charge in [-0.15, -0.1) is 0 Å². The summed E-state index contributed by atoms with van der Waals surface area (Å²) in [6, 6.07) is 9.16. The van der Waals surface area contributed by atoms with Crippen LogP contribution in [0.4, 0.5) is 0 Å². The number of rotatable bonds is 6. The molecule has 0 aromatic heterocycles. The standard InChI is InChI=1S/C19H31NO/c1-4-15-10-12-16(13-11-15)19(21)18(14(2)3)20-17-8-6-5-7-9-17/h10-14,17-21H,4-9H2,1-3H3. The van der Waals surface area contributed by atoms with Gasteiger partial charge in [0.05, 0.1) is 6.10 Å². The van der Waals surface area contributed by atoms with Gasteiger partial charge >= 0.3 is 0 Å². The van der Waals surface area contributed by atoms with E-state index in [1.807, 2.05) is 0 Å². The van der Waals surface area contributed by atoms with Gasteiger partial charge in [-0.2, -0.15) is 0 Å². The Morgan fingerprint density at radius 3 is 2.24 bits per heavy atom. The molecule has 1 fully saturated rings. The molecule has 0 bridgehead atoms. The van der Waals surface area contributed by atoms with Crippen molar-refractivity contribution >= 4 is 0 Å². The molecule has 0 spiro atoms. The molecule has 0 amide bonds. The third kappa shape index (κ3) is 4.55. The average molecular weight is 289 g/mol. The minimum Gasteiger partial charge on any atom is -0.387 e. The Hall–Kier alpha value is -0.860. The highest BCUT2D eigenvalue weighted by Crippen LogP contribution is 2.26. The van der Waals surface area contributed by atoms with Crippen LogP contribution in [-0.4, -0.2) is 17.2 Å². The number of benzene rings is 1. The second kappa shape index (κ2) is 7.95. The van der Waals surface area contributed by atoms with Gasteiger partial charge in [-0.25, -0.2) is 0 Å². The van der Waals surface area contributed by atoms with Crippen molar-refractivity contribution in [2.75, 3.05) is 0 Å². The molecule has 1 aromatic rings. The molecule has 2 atom stereocenters. The number of hydrogen-bond donors (Lipinski definition) is 2. The summed E-state index contributed by atoms with van der Waals surface area (Å²) in [4.78, 5) is 0. The Balaban J connectivity index is 2.04. The van der Waals surface area contributed by atoms with Gasteiger partial charge in [-0.1, -0.05) is 64.3 Å². The molecular formula is C19H31NO. The summed E-state index contributed by atoms with van der Waals surface area (Å²) >= 11 is 0. The van der Waals surface area contributed by atoms with E-state index >= 15 is 0 Å². The minimum atomic E-state index is -0.419. The Morgan fingerprint density at radius 2 is 1.71 bits per heavy atom. The molecule has 1 aliphatic rings. The molecule has 2 N–H and O–H groups in total. The smallest absolute Gasteiger partial charge is 0.0945 e. The van der Waals surface area contributed by atoms with Crippen molar-refractivity contribution in [1.29, 1.82) is 0 Å². The molecule has 1 aliphatic carbocycles. The van der Waals surface area contributed by atoms with Crippen LogP contribution in [0.3, 0.4) is 0 Å². The molecular weight excluding hydrogens is 258 g/mol. The van der Waals surface area contributed by atoms with Gasteiger partial charge in [-0.05, 0) is 36.3 Å².